The number of benzene rings is 1. The zero-order valence-electron chi connectivity index (χ0n) is 11.5. The maximum Gasteiger partial charge on any atom is 0.0772 e. The first kappa shape index (κ1) is 14.3. The molecule has 0 amide bonds. The van der Waals surface area contributed by atoms with Crippen LogP contribution in [0.2, 0.25) is 0 Å². The van der Waals surface area contributed by atoms with E-state index in [4.69, 9.17) is 0 Å². The van der Waals surface area contributed by atoms with Crippen molar-refractivity contribution in [2.24, 2.45) is 0 Å². The lowest BCUT2D eigenvalue weighted by molar-refractivity contribution is 0.198. The molecule has 102 valence electrons. The van der Waals surface area contributed by atoms with Crippen LogP contribution in [0, 0.1) is 0 Å². The van der Waals surface area contributed by atoms with Crippen LogP contribution in [0.4, 0.5) is 0 Å². The van der Waals surface area contributed by atoms with Crippen LogP contribution in [0.5, 0.6) is 0 Å². The van der Waals surface area contributed by atoms with E-state index in [0.29, 0.717) is 0 Å². The van der Waals surface area contributed by atoms with Gasteiger partial charge in [0.2, 0.25) is 0 Å². The van der Waals surface area contributed by atoms with Crippen molar-refractivity contribution >= 4 is 15.9 Å². The lowest BCUT2D eigenvalue weighted by atomic mass is 10.1. The van der Waals surface area contributed by atoms with E-state index in [9.17, 15) is 5.11 Å². The predicted molar refractivity (Wildman–Crippen MR) is 80.7 cm³/mol. The highest BCUT2D eigenvalue weighted by Crippen LogP contribution is 2.26. The number of nitrogens with zero attached hydrogens (tertiary/aromatic N) is 2. The lowest BCUT2D eigenvalue weighted by Gasteiger charge is -2.11. The molecule has 0 unspecified atom stereocenters. The minimum atomic E-state index is -0.474. The molecular weight excluding hydrogens is 304 g/mol. The molecule has 0 bridgehead atoms. The van der Waals surface area contributed by atoms with Gasteiger partial charge in [0.05, 0.1) is 17.5 Å². The van der Waals surface area contributed by atoms with Gasteiger partial charge in [0, 0.05) is 10.2 Å². The number of aromatic nitrogens is 2. The first-order valence-corrected chi connectivity index (χ1v) is 7.41. The normalized spacial score (nSPS) is 12.7. The monoisotopic (exact) mass is 322 g/mol. The topological polar surface area (TPSA) is 38.0 Å². The summed E-state index contributed by atoms with van der Waals surface area (Å²) in [7, 11) is 0. The molecule has 1 N–H and O–H groups in total. The summed E-state index contributed by atoms with van der Waals surface area (Å²) in [6.45, 7) is 6.01. The van der Waals surface area contributed by atoms with E-state index in [1.54, 1.807) is 6.92 Å². The summed E-state index contributed by atoms with van der Waals surface area (Å²) in [6, 6.07) is 8.10. The van der Waals surface area contributed by atoms with Crippen LogP contribution < -0.4 is 0 Å². The largest absolute Gasteiger partial charge is 0.389 e. The number of rotatable bonds is 4. The lowest BCUT2D eigenvalue weighted by Crippen LogP contribution is -2.03. The van der Waals surface area contributed by atoms with Crippen molar-refractivity contribution in [3.63, 3.8) is 0 Å². The number of hydrogen-bond donors (Lipinski definition) is 1. The summed E-state index contributed by atoms with van der Waals surface area (Å²) in [6.07, 6.45) is 1.41. The van der Waals surface area contributed by atoms with Crippen LogP contribution in [0.1, 0.15) is 43.8 Å². The van der Waals surface area contributed by atoms with Crippen molar-refractivity contribution in [3.8, 4) is 5.69 Å². The SMILES string of the molecule is CCc1cc(CC)n(-c2ccc([C@H](C)O)c(Br)c2)n1. The number of aliphatic hydroxyl groups excluding tert-OH is 1. The van der Waals surface area contributed by atoms with Gasteiger partial charge in [0.1, 0.15) is 0 Å². The van der Waals surface area contributed by atoms with Gasteiger partial charge in [0.25, 0.3) is 0 Å². The van der Waals surface area contributed by atoms with Crippen molar-refractivity contribution in [1.82, 2.24) is 9.78 Å². The van der Waals surface area contributed by atoms with E-state index in [1.165, 1.54) is 5.69 Å². The minimum Gasteiger partial charge on any atom is -0.389 e. The Kier molecular flexibility index (Phi) is 4.42. The van der Waals surface area contributed by atoms with Crippen molar-refractivity contribution in [2.45, 2.75) is 39.7 Å². The van der Waals surface area contributed by atoms with Gasteiger partial charge in [-0.05, 0) is 43.5 Å². The van der Waals surface area contributed by atoms with E-state index in [0.717, 1.165) is 34.3 Å². The van der Waals surface area contributed by atoms with Gasteiger partial charge in [-0.25, -0.2) is 4.68 Å². The fourth-order valence-electron chi connectivity index (χ4n) is 2.11. The van der Waals surface area contributed by atoms with Gasteiger partial charge in [-0.2, -0.15) is 5.10 Å². The van der Waals surface area contributed by atoms with E-state index < -0.39 is 6.10 Å². The smallest absolute Gasteiger partial charge is 0.0772 e. The molecule has 0 saturated carbocycles. The Bertz CT molecular complexity index is 576. The van der Waals surface area contributed by atoms with Crippen LogP contribution in [0.25, 0.3) is 5.69 Å². The number of aryl methyl sites for hydroxylation is 2. The molecule has 0 saturated heterocycles. The number of halogens is 1. The third kappa shape index (κ3) is 2.90. The maximum absolute atomic E-state index is 9.66. The third-order valence-electron chi connectivity index (χ3n) is 3.24. The van der Waals surface area contributed by atoms with Gasteiger partial charge < -0.3 is 5.11 Å². The molecule has 4 heteroatoms. The first-order valence-electron chi connectivity index (χ1n) is 6.62. The van der Waals surface area contributed by atoms with Gasteiger partial charge >= 0.3 is 0 Å². The second kappa shape index (κ2) is 5.88. The second-order valence-electron chi connectivity index (χ2n) is 4.63. The number of aliphatic hydroxyl groups is 1. The van der Waals surface area contributed by atoms with Crippen molar-refractivity contribution < 1.29 is 5.11 Å². The van der Waals surface area contributed by atoms with Crippen molar-refractivity contribution in [2.75, 3.05) is 0 Å². The standard InChI is InChI=1S/C15H19BrN2O/c1-4-11-8-12(5-2)18(17-11)13-6-7-14(10(3)19)15(16)9-13/h6-10,19H,4-5H2,1-3H3/t10-/m0/s1. The highest BCUT2D eigenvalue weighted by Gasteiger charge is 2.11. The molecule has 1 heterocycles. The first-order chi connectivity index (χ1) is 9.06. The van der Waals surface area contributed by atoms with E-state index in [2.05, 4.69) is 40.9 Å². The number of hydrogen-bond acceptors (Lipinski definition) is 2. The van der Waals surface area contributed by atoms with E-state index >= 15 is 0 Å². The zero-order chi connectivity index (χ0) is 14.0. The molecule has 0 fully saturated rings. The molecule has 1 aromatic heterocycles. The molecule has 1 aromatic carbocycles. The van der Waals surface area contributed by atoms with Gasteiger partial charge in [-0.15, -0.1) is 0 Å². The average molecular weight is 323 g/mol. The Morgan fingerprint density at radius 2 is 2.00 bits per heavy atom. The highest BCUT2D eigenvalue weighted by molar-refractivity contribution is 9.10. The van der Waals surface area contributed by atoms with Crippen molar-refractivity contribution in [1.29, 1.82) is 0 Å². The highest BCUT2D eigenvalue weighted by atomic mass is 79.9. The van der Waals surface area contributed by atoms with Gasteiger partial charge in [0.15, 0.2) is 0 Å². The summed E-state index contributed by atoms with van der Waals surface area (Å²) in [4.78, 5) is 0. The van der Waals surface area contributed by atoms with Crippen LogP contribution in [-0.2, 0) is 12.8 Å². The molecule has 0 radical (unpaired) electrons. The minimum absolute atomic E-state index is 0.474. The quantitative estimate of drug-likeness (QED) is 0.929. The molecule has 0 aliphatic rings. The molecule has 1 atom stereocenters. The van der Waals surface area contributed by atoms with Crippen LogP contribution in [0.15, 0.2) is 28.7 Å². The summed E-state index contributed by atoms with van der Waals surface area (Å²) in [5.74, 6) is 0. The Labute approximate surface area is 122 Å². The van der Waals surface area contributed by atoms with E-state index in [-0.39, 0.29) is 0 Å². The predicted octanol–water partition coefficient (Wildman–Crippen LogP) is 3.81. The molecule has 3 nitrogen and oxygen atoms in total. The maximum atomic E-state index is 9.66. The van der Waals surface area contributed by atoms with Gasteiger partial charge in [-0.3, -0.25) is 0 Å². The van der Waals surface area contributed by atoms with Crippen LogP contribution in [0.3, 0.4) is 0 Å². The zero-order valence-corrected chi connectivity index (χ0v) is 13.1. The van der Waals surface area contributed by atoms with Gasteiger partial charge in [-0.1, -0.05) is 35.8 Å². The Hall–Kier alpha value is -1.13. The summed E-state index contributed by atoms with van der Waals surface area (Å²) in [5.41, 5.74) is 4.22. The molecule has 2 aromatic rings. The fourth-order valence-corrected chi connectivity index (χ4v) is 2.81. The molecular formula is C15H19BrN2O. The van der Waals surface area contributed by atoms with Crippen molar-refractivity contribution in [3.05, 3.63) is 45.7 Å². The molecule has 0 aliphatic heterocycles. The molecule has 2 rings (SSSR count). The second-order valence-corrected chi connectivity index (χ2v) is 5.48. The summed E-state index contributed by atoms with van der Waals surface area (Å²) < 4.78 is 2.89. The molecule has 0 aliphatic carbocycles. The van der Waals surface area contributed by atoms with Crippen LogP contribution >= 0.6 is 15.9 Å². The Morgan fingerprint density at radius 3 is 2.53 bits per heavy atom. The summed E-state index contributed by atoms with van der Waals surface area (Å²) in [5, 5.41) is 14.3. The average Bonchev–Trinajstić information content (AvgIpc) is 2.81. The van der Waals surface area contributed by atoms with Crippen LogP contribution in [-0.4, -0.2) is 14.9 Å². The Balaban J connectivity index is 2.47. The molecule has 19 heavy (non-hydrogen) atoms. The third-order valence-corrected chi connectivity index (χ3v) is 3.92. The Morgan fingerprint density at radius 1 is 1.26 bits per heavy atom. The summed E-state index contributed by atoms with van der Waals surface area (Å²) >= 11 is 3.51. The molecule has 0 spiro atoms. The van der Waals surface area contributed by atoms with E-state index in [1.807, 2.05) is 22.9 Å². The fraction of sp³-hybridized carbons (Fsp3) is 0.400.